The molecule has 0 rings (SSSR count). The van der Waals surface area contributed by atoms with Crippen molar-refractivity contribution in [2.75, 3.05) is 13.3 Å². The molecule has 16 heavy (non-hydrogen) atoms. The summed E-state index contributed by atoms with van der Waals surface area (Å²) in [7, 11) is -1.07. The molecular weight excluding hydrogens is 224 g/mol. The Morgan fingerprint density at radius 2 is 1.06 bits per heavy atom. The van der Waals surface area contributed by atoms with Gasteiger partial charge in [-0.1, -0.05) is 0 Å². The summed E-state index contributed by atoms with van der Waals surface area (Å²) in [4.78, 5) is 0. The van der Waals surface area contributed by atoms with E-state index in [9.17, 15) is 0 Å². The predicted octanol–water partition coefficient (Wildman–Crippen LogP) is 2.39. The first-order valence-corrected chi connectivity index (χ1v) is 7.77. The molecule has 0 aromatic heterocycles. The molecule has 4 nitrogen and oxygen atoms in total. The first-order chi connectivity index (χ1) is 7.31. The zero-order chi connectivity index (χ0) is 12.8. The van der Waals surface area contributed by atoms with Crippen LogP contribution in [0.1, 0.15) is 41.5 Å². The minimum absolute atomic E-state index is 0.0688. The highest BCUT2D eigenvalue weighted by molar-refractivity contribution is 6.60. The Morgan fingerprint density at radius 3 is 1.25 bits per heavy atom. The summed E-state index contributed by atoms with van der Waals surface area (Å²) in [5.74, 6) is 0. The minimum Gasteiger partial charge on any atom is -0.380 e. The zero-order valence-electron chi connectivity index (χ0n) is 11.6. The van der Waals surface area contributed by atoms with Crippen LogP contribution in [0.5, 0.6) is 0 Å². The molecule has 0 amide bonds. The minimum atomic E-state index is -2.71. The molecule has 0 aliphatic heterocycles. The quantitative estimate of drug-likeness (QED) is 0.620. The van der Waals surface area contributed by atoms with E-state index in [-0.39, 0.29) is 18.3 Å². The third kappa shape index (κ3) is 6.60. The van der Waals surface area contributed by atoms with Crippen LogP contribution in [0.3, 0.4) is 0 Å². The Kier molecular flexibility index (Phi) is 7.42. The molecule has 98 valence electrons. The Morgan fingerprint density at radius 1 is 0.750 bits per heavy atom. The maximum atomic E-state index is 5.87. The number of hydrogen-bond acceptors (Lipinski definition) is 4. The van der Waals surface area contributed by atoms with Crippen LogP contribution in [0.15, 0.2) is 0 Å². The highest BCUT2D eigenvalue weighted by Crippen LogP contribution is 2.17. The Labute approximate surface area is 101 Å². The molecule has 0 N–H and O–H groups in total. The van der Waals surface area contributed by atoms with Gasteiger partial charge >= 0.3 is 8.80 Å². The van der Waals surface area contributed by atoms with E-state index in [1.54, 1.807) is 7.11 Å². The van der Waals surface area contributed by atoms with Crippen molar-refractivity contribution in [2.24, 2.45) is 0 Å². The van der Waals surface area contributed by atoms with Crippen molar-refractivity contribution in [3.63, 3.8) is 0 Å². The topological polar surface area (TPSA) is 36.9 Å². The molecule has 0 spiro atoms. The fourth-order valence-electron chi connectivity index (χ4n) is 1.44. The second-order valence-corrected chi connectivity index (χ2v) is 6.98. The van der Waals surface area contributed by atoms with E-state index in [4.69, 9.17) is 18.0 Å². The van der Waals surface area contributed by atoms with E-state index in [1.165, 1.54) is 0 Å². The van der Waals surface area contributed by atoms with Gasteiger partial charge in [-0.2, -0.15) is 0 Å². The number of methoxy groups -OCH3 is 1. The summed E-state index contributed by atoms with van der Waals surface area (Å²) < 4.78 is 22.8. The normalized spacial score (nSPS) is 13.1. The van der Waals surface area contributed by atoms with E-state index >= 15 is 0 Å². The van der Waals surface area contributed by atoms with E-state index < -0.39 is 8.80 Å². The fraction of sp³-hybridized carbons (Fsp3) is 1.00. The standard InChI is InChI=1S/C11H26O4Si/c1-9(2)13-16(8-12-7,14-10(3)4)15-11(5)6/h9-11H,8H2,1-7H3. The monoisotopic (exact) mass is 250 g/mol. The van der Waals surface area contributed by atoms with Crippen molar-refractivity contribution in [2.45, 2.75) is 59.9 Å². The van der Waals surface area contributed by atoms with Crippen LogP contribution in [0.2, 0.25) is 0 Å². The van der Waals surface area contributed by atoms with E-state index in [1.807, 2.05) is 41.5 Å². The molecule has 0 aromatic rings. The fourth-order valence-corrected chi connectivity index (χ4v) is 4.32. The van der Waals surface area contributed by atoms with Gasteiger partial charge in [0.25, 0.3) is 0 Å². The van der Waals surface area contributed by atoms with Crippen molar-refractivity contribution >= 4 is 8.80 Å². The third-order valence-electron chi connectivity index (χ3n) is 1.57. The Balaban J connectivity index is 4.72. The average Bonchev–Trinajstić information content (AvgIpc) is 1.98. The van der Waals surface area contributed by atoms with Gasteiger partial charge in [-0.05, 0) is 41.5 Å². The van der Waals surface area contributed by atoms with Crippen molar-refractivity contribution in [3.05, 3.63) is 0 Å². The molecule has 0 aliphatic carbocycles. The lowest BCUT2D eigenvalue weighted by Crippen LogP contribution is -2.54. The molecule has 0 fully saturated rings. The SMILES string of the molecule is COC[Si](OC(C)C)(OC(C)C)OC(C)C. The average molecular weight is 250 g/mol. The first-order valence-electron chi connectivity index (χ1n) is 5.83. The van der Waals surface area contributed by atoms with Crippen molar-refractivity contribution in [1.29, 1.82) is 0 Å². The highest BCUT2D eigenvalue weighted by Gasteiger charge is 2.44. The molecule has 0 bridgehead atoms. The summed E-state index contributed by atoms with van der Waals surface area (Å²) >= 11 is 0. The molecule has 0 atom stereocenters. The second-order valence-electron chi connectivity index (χ2n) is 4.62. The smallest absolute Gasteiger partial charge is 0.380 e. The molecule has 0 heterocycles. The van der Waals surface area contributed by atoms with Crippen LogP contribution in [0, 0.1) is 0 Å². The molecule has 0 aromatic carbocycles. The summed E-state index contributed by atoms with van der Waals surface area (Å²) in [6.07, 6.45) is 0.597. The van der Waals surface area contributed by atoms with Crippen molar-refractivity contribution < 1.29 is 18.0 Å². The van der Waals surface area contributed by atoms with Gasteiger partial charge in [0.2, 0.25) is 0 Å². The lowest BCUT2D eigenvalue weighted by molar-refractivity contribution is -0.0163. The maximum absolute atomic E-state index is 5.87. The molecule has 0 saturated carbocycles. The Bertz CT molecular complexity index is 156. The van der Waals surface area contributed by atoms with Gasteiger partial charge in [0.15, 0.2) is 0 Å². The van der Waals surface area contributed by atoms with Crippen LogP contribution in [-0.2, 0) is 18.0 Å². The molecule has 0 saturated heterocycles. The molecule has 5 heteroatoms. The van der Waals surface area contributed by atoms with Crippen LogP contribution in [-0.4, -0.2) is 40.5 Å². The van der Waals surface area contributed by atoms with Gasteiger partial charge in [-0.15, -0.1) is 0 Å². The van der Waals surface area contributed by atoms with E-state index in [0.29, 0.717) is 6.23 Å². The number of rotatable bonds is 8. The summed E-state index contributed by atoms with van der Waals surface area (Å²) in [6, 6.07) is 0. The maximum Gasteiger partial charge on any atom is 0.528 e. The number of ether oxygens (including phenoxy) is 1. The van der Waals surface area contributed by atoms with Gasteiger partial charge < -0.3 is 18.0 Å². The van der Waals surface area contributed by atoms with Crippen molar-refractivity contribution in [3.8, 4) is 0 Å². The van der Waals surface area contributed by atoms with Crippen LogP contribution in [0.25, 0.3) is 0 Å². The lowest BCUT2D eigenvalue weighted by Gasteiger charge is -2.33. The zero-order valence-corrected chi connectivity index (χ0v) is 12.6. The molecule has 0 unspecified atom stereocenters. The van der Waals surface area contributed by atoms with E-state index in [0.717, 1.165) is 0 Å². The van der Waals surface area contributed by atoms with Gasteiger partial charge in [-0.25, -0.2) is 0 Å². The van der Waals surface area contributed by atoms with Gasteiger partial charge in [0, 0.05) is 25.4 Å². The summed E-state index contributed by atoms with van der Waals surface area (Å²) in [5, 5.41) is 0. The summed E-state index contributed by atoms with van der Waals surface area (Å²) in [6.45, 7) is 11.9. The number of hydrogen-bond donors (Lipinski definition) is 0. The third-order valence-corrected chi connectivity index (χ3v) is 4.70. The van der Waals surface area contributed by atoms with Gasteiger partial charge in [0.05, 0.1) is 0 Å². The highest BCUT2D eigenvalue weighted by atomic mass is 28.4. The lowest BCUT2D eigenvalue weighted by atomic mass is 10.5. The van der Waals surface area contributed by atoms with Gasteiger partial charge in [-0.3, -0.25) is 0 Å². The van der Waals surface area contributed by atoms with Gasteiger partial charge in [0.1, 0.15) is 6.23 Å². The van der Waals surface area contributed by atoms with Crippen molar-refractivity contribution in [1.82, 2.24) is 0 Å². The predicted molar refractivity (Wildman–Crippen MR) is 66.3 cm³/mol. The van der Waals surface area contributed by atoms with Crippen LogP contribution < -0.4 is 0 Å². The second kappa shape index (κ2) is 7.40. The van der Waals surface area contributed by atoms with Crippen LogP contribution in [0.4, 0.5) is 0 Å². The van der Waals surface area contributed by atoms with E-state index in [2.05, 4.69) is 0 Å². The Hall–Kier alpha value is 0.0569. The first kappa shape index (κ1) is 16.1. The molecule has 0 aliphatic rings. The molecular formula is C11H26O4Si. The largest absolute Gasteiger partial charge is 0.528 e. The van der Waals surface area contributed by atoms with Crippen LogP contribution >= 0.6 is 0 Å². The summed E-state index contributed by atoms with van der Waals surface area (Å²) in [5.41, 5.74) is 0. The molecule has 0 radical (unpaired) electrons.